The van der Waals surface area contributed by atoms with Crippen molar-refractivity contribution in [2.45, 2.75) is 18.2 Å². The number of nitrogens with two attached hydrogens (primary N) is 1. The molecule has 0 spiro atoms. The van der Waals surface area contributed by atoms with E-state index in [0.29, 0.717) is 0 Å². The molecule has 0 saturated heterocycles. The molecule has 10 nitrogen and oxygen atoms in total. The van der Waals surface area contributed by atoms with Gasteiger partial charge in [-0.1, -0.05) is 18.5 Å². The van der Waals surface area contributed by atoms with Crippen LogP contribution in [0.4, 0.5) is 17.1 Å². The van der Waals surface area contributed by atoms with Crippen LogP contribution in [0.1, 0.15) is 13.3 Å². The van der Waals surface area contributed by atoms with Crippen LogP contribution in [0.15, 0.2) is 39.4 Å². The van der Waals surface area contributed by atoms with E-state index in [4.69, 9.17) is 16.7 Å². The summed E-state index contributed by atoms with van der Waals surface area (Å²) >= 11 is 6.78. The van der Waals surface area contributed by atoms with E-state index in [1.165, 1.54) is 24.3 Å². The van der Waals surface area contributed by atoms with Crippen LogP contribution in [-0.2, 0) is 14.8 Å². The highest BCUT2D eigenvalue weighted by Crippen LogP contribution is 2.37. The van der Waals surface area contributed by atoms with Crippen LogP contribution in [0.2, 0.25) is 5.02 Å². The fraction of sp³-hybridized carbons (Fsp3) is 0.133. The van der Waals surface area contributed by atoms with Crippen LogP contribution in [0.25, 0.3) is 11.0 Å². The van der Waals surface area contributed by atoms with E-state index in [0.717, 1.165) is 11.7 Å². The molecular formula is C15H13ClN6O4S2. The number of phenolic OH excluding ortho intramolecular Hbond substituents is 1. The van der Waals surface area contributed by atoms with Crippen molar-refractivity contribution in [3.05, 3.63) is 29.3 Å². The Morgan fingerprint density at radius 1 is 1.29 bits per heavy atom. The highest BCUT2D eigenvalue weighted by atomic mass is 35.5. The molecule has 3 aromatic rings. The number of amides is 1. The van der Waals surface area contributed by atoms with Crippen LogP contribution in [-0.4, -0.2) is 28.2 Å². The molecule has 1 amide bonds. The number of carbonyl (C=O) groups excluding carboxylic acids is 1. The van der Waals surface area contributed by atoms with Crippen molar-refractivity contribution in [2.24, 2.45) is 15.4 Å². The van der Waals surface area contributed by atoms with E-state index in [1.54, 1.807) is 6.92 Å². The van der Waals surface area contributed by atoms with Gasteiger partial charge < -0.3 is 10.4 Å². The van der Waals surface area contributed by atoms with Crippen molar-refractivity contribution < 1.29 is 18.3 Å². The maximum atomic E-state index is 11.6. The summed E-state index contributed by atoms with van der Waals surface area (Å²) in [5.41, 5.74) is 0.937. The lowest BCUT2D eigenvalue weighted by Gasteiger charge is -2.08. The van der Waals surface area contributed by atoms with Crippen molar-refractivity contribution in [1.29, 1.82) is 0 Å². The predicted molar refractivity (Wildman–Crippen MR) is 105 cm³/mol. The first-order valence-electron chi connectivity index (χ1n) is 7.73. The number of aromatic nitrogens is 2. The number of azo groups is 1. The Labute approximate surface area is 168 Å². The van der Waals surface area contributed by atoms with Gasteiger partial charge in [-0.15, -0.1) is 5.11 Å². The summed E-state index contributed by atoms with van der Waals surface area (Å²) in [6.07, 6.45) is 0.216. The standard InChI is InChI=1S/C15H13ClN6O4S2/c1-2-12(23)18-10-6-7(5-8(16)15(10)24)19-20-9-3-4-11(28(17,25)26)14-13(9)21-27-22-14/h3-6,24H,2H2,1H3,(H,18,23)(H2,17,25,26)/b20-19+. The number of anilines is 1. The molecule has 0 atom stereocenters. The first-order valence-corrected chi connectivity index (χ1v) is 10.4. The molecule has 146 valence electrons. The van der Waals surface area contributed by atoms with Crippen molar-refractivity contribution >= 4 is 67.4 Å². The Morgan fingerprint density at radius 3 is 2.68 bits per heavy atom. The van der Waals surface area contributed by atoms with Gasteiger partial charge in [0.15, 0.2) is 5.75 Å². The van der Waals surface area contributed by atoms with Crippen LogP contribution in [0, 0.1) is 0 Å². The zero-order valence-electron chi connectivity index (χ0n) is 14.2. The van der Waals surface area contributed by atoms with Crippen molar-refractivity contribution in [3.8, 4) is 5.75 Å². The molecule has 13 heteroatoms. The summed E-state index contributed by atoms with van der Waals surface area (Å²) in [5.74, 6) is -0.597. The molecule has 3 rings (SSSR count). The summed E-state index contributed by atoms with van der Waals surface area (Å²) in [7, 11) is -3.97. The first-order chi connectivity index (χ1) is 13.2. The normalized spacial score (nSPS) is 12.0. The molecule has 0 aliphatic heterocycles. The molecule has 4 N–H and O–H groups in total. The number of hydrogen-bond donors (Lipinski definition) is 3. The molecule has 2 aromatic carbocycles. The third-order valence-electron chi connectivity index (χ3n) is 3.58. The molecule has 0 radical (unpaired) electrons. The highest BCUT2D eigenvalue weighted by molar-refractivity contribution is 7.89. The van der Waals surface area contributed by atoms with Crippen LogP contribution in [0.5, 0.6) is 5.75 Å². The average Bonchev–Trinajstić information content (AvgIpc) is 3.12. The molecule has 0 unspecified atom stereocenters. The minimum Gasteiger partial charge on any atom is -0.504 e. The van der Waals surface area contributed by atoms with Gasteiger partial charge >= 0.3 is 0 Å². The van der Waals surface area contributed by atoms with E-state index >= 15 is 0 Å². The summed E-state index contributed by atoms with van der Waals surface area (Å²) in [6.45, 7) is 1.66. The number of carbonyl (C=O) groups is 1. The van der Waals surface area contributed by atoms with E-state index in [9.17, 15) is 18.3 Å². The fourth-order valence-electron chi connectivity index (χ4n) is 2.23. The number of rotatable bonds is 5. The zero-order valence-corrected chi connectivity index (χ0v) is 16.6. The molecule has 1 aromatic heterocycles. The summed E-state index contributed by atoms with van der Waals surface area (Å²) in [6, 6.07) is 5.42. The molecule has 0 aliphatic carbocycles. The van der Waals surface area contributed by atoms with Gasteiger partial charge in [0.1, 0.15) is 21.6 Å². The molecule has 0 aliphatic rings. The number of phenols is 1. The monoisotopic (exact) mass is 440 g/mol. The Bertz CT molecular complexity index is 1210. The van der Waals surface area contributed by atoms with Gasteiger partial charge in [-0.05, 0) is 24.3 Å². The minimum atomic E-state index is -3.97. The van der Waals surface area contributed by atoms with E-state index in [-0.39, 0.29) is 56.1 Å². The van der Waals surface area contributed by atoms with Crippen LogP contribution in [0.3, 0.4) is 0 Å². The number of nitrogens with zero attached hydrogens (tertiary/aromatic N) is 4. The number of primary sulfonamides is 1. The lowest BCUT2D eigenvalue weighted by Crippen LogP contribution is -2.12. The van der Waals surface area contributed by atoms with Crippen molar-refractivity contribution in [1.82, 2.24) is 8.75 Å². The van der Waals surface area contributed by atoms with Gasteiger partial charge in [-0.2, -0.15) is 13.9 Å². The predicted octanol–water partition coefficient (Wildman–Crippen LogP) is 3.46. The van der Waals surface area contributed by atoms with Gasteiger partial charge in [0, 0.05) is 6.42 Å². The Balaban J connectivity index is 2.01. The SMILES string of the molecule is CCC(=O)Nc1cc(/N=N/c2ccc(S(N)(=O)=O)c3nsnc23)cc(Cl)c1O. The Hall–Kier alpha value is -2.67. The number of aromatic hydroxyl groups is 1. The quantitative estimate of drug-likeness (QED) is 0.406. The molecule has 0 fully saturated rings. The second kappa shape index (κ2) is 7.75. The number of fused-ring (bicyclic) bond motifs is 1. The van der Waals surface area contributed by atoms with Crippen molar-refractivity contribution in [2.75, 3.05) is 5.32 Å². The summed E-state index contributed by atoms with van der Waals surface area (Å²) < 4.78 is 31.3. The first kappa shape index (κ1) is 20.1. The van der Waals surface area contributed by atoms with Gasteiger partial charge in [0.05, 0.1) is 28.1 Å². The van der Waals surface area contributed by atoms with Gasteiger partial charge in [-0.25, -0.2) is 13.6 Å². The number of hydrogen-bond acceptors (Lipinski definition) is 9. The smallest absolute Gasteiger partial charge is 0.240 e. The van der Waals surface area contributed by atoms with E-state index < -0.39 is 10.0 Å². The van der Waals surface area contributed by atoms with Gasteiger partial charge in [0.2, 0.25) is 15.9 Å². The highest BCUT2D eigenvalue weighted by Gasteiger charge is 2.18. The minimum absolute atomic E-state index is 0.0205. The lowest BCUT2D eigenvalue weighted by atomic mass is 10.2. The van der Waals surface area contributed by atoms with E-state index in [2.05, 4.69) is 24.3 Å². The number of sulfonamides is 1. The third-order valence-corrected chi connectivity index (χ3v) is 5.34. The van der Waals surface area contributed by atoms with Crippen LogP contribution >= 0.6 is 23.3 Å². The average molecular weight is 441 g/mol. The summed E-state index contributed by atoms with van der Waals surface area (Å²) in [4.78, 5) is 11.4. The molecule has 0 saturated carbocycles. The second-order valence-electron chi connectivity index (χ2n) is 5.51. The Morgan fingerprint density at radius 2 is 2.00 bits per heavy atom. The van der Waals surface area contributed by atoms with Gasteiger partial charge in [0.25, 0.3) is 0 Å². The Kier molecular flexibility index (Phi) is 5.56. The molecule has 28 heavy (non-hydrogen) atoms. The summed E-state index contributed by atoms with van der Waals surface area (Å²) in [5, 5.41) is 25.7. The maximum absolute atomic E-state index is 11.6. The number of benzene rings is 2. The maximum Gasteiger partial charge on any atom is 0.240 e. The van der Waals surface area contributed by atoms with Crippen molar-refractivity contribution in [3.63, 3.8) is 0 Å². The number of halogens is 1. The molecule has 0 bridgehead atoms. The van der Waals surface area contributed by atoms with Crippen LogP contribution < -0.4 is 10.5 Å². The molecule has 1 heterocycles. The second-order valence-corrected chi connectivity index (χ2v) is 7.98. The zero-order chi connectivity index (χ0) is 20.5. The van der Waals surface area contributed by atoms with Gasteiger partial charge in [-0.3, -0.25) is 4.79 Å². The number of nitrogens with one attached hydrogen (secondary N) is 1. The molecular weight excluding hydrogens is 428 g/mol. The largest absolute Gasteiger partial charge is 0.504 e. The topological polar surface area (TPSA) is 160 Å². The fourth-order valence-corrected chi connectivity index (χ4v) is 3.74. The lowest BCUT2D eigenvalue weighted by molar-refractivity contribution is -0.115. The van der Waals surface area contributed by atoms with E-state index in [1.807, 2.05) is 0 Å². The third kappa shape index (κ3) is 4.09.